The number of thioether (sulfide) groups is 1. The zero-order valence-electron chi connectivity index (χ0n) is 17.8. The molecule has 0 aliphatic carbocycles. The van der Waals surface area contributed by atoms with Gasteiger partial charge in [-0.1, -0.05) is 30.3 Å². The van der Waals surface area contributed by atoms with Crippen molar-refractivity contribution in [1.29, 1.82) is 0 Å². The van der Waals surface area contributed by atoms with Crippen molar-refractivity contribution in [3.63, 3.8) is 0 Å². The minimum absolute atomic E-state index is 0.128. The first kappa shape index (κ1) is 21.4. The summed E-state index contributed by atoms with van der Waals surface area (Å²) in [5.74, 6) is 1.71. The van der Waals surface area contributed by atoms with E-state index in [4.69, 9.17) is 0 Å². The number of carbonyl (C=O) groups excluding carboxylic acids is 1. The third-order valence-corrected chi connectivity index (χ3v) is 6.66. The average molecular weight is 434 g/mol. The Bertz CT molecular complexity index is 1090. The van der Waals surface area contributed by atoms with Crippen molar-refractivity contribution in [1.82, 2.24) is 14.5 Å². The van der Waals surface area contributed by atoms with E-state index in [1.165, 1.54) is 5.56 Å². The van der Waals surface area contributed by atoms with Gasteiger partial charge in [-0.15, -0.1) is 0 Å². The Labute approximate surface area is 187 Å². The third-order valence-electron chi connectivity index (χ3n) is 5.72. The molecule has 3 aromatic rings. The summed E-state index contributed by atoms with van der Waals surface area (Å²) in [5.41, 5.74) is 4.15. The van der Waals surface area contributed by atoms with Gasteiger partial charge in [0.25, 0.3) is 5.91 Å². The molecule has 1 aliphatic heterocycles. The van der Waals surface area contributed by atoms with Crippen molar-refractivity contribution in [2.45, 2.75) is 26.3 Å². The maximum absolute atomic E-state index is 13.5. The molecule has 2 aromatic heterocycles. The van der Waals surface area contributed by atoms with Crippen LogP contribution in [-0.2, 0) is 19.4 Å². The second-order valence-corrected chi connectivity index (χ2v) is 9.03. The molecule has 0 radical (unpaired) electrons. The average Bonchev–Trinajstić information content (AvgIpc) is 2.81. The molecule has 0 saturated carbocycles. The molecule has 6 heteroatoms. The largest absolute Gasteiger partial charge is 0.343 e. The van der Waals surface area contributed by atoms with Gasteiger partial charge in [0.1, 0.15) is 5.56 Å². The van der Waals surface area contributed by atoms with Gasteiger partial charge in [-0.3, -0.25) is 14.6 Å². The predicted octanol–water partition coefficient (Wildman–Crippen LogP) is 3.57. The van der Waals surface area contributed by atoms with Gasteiger partial charge in [-0.2, -0.15) is 11.8 Å². The van der Waals surface area contributed by atoms with E-state index in [1.807, 2.05) is 53.9 Å². The van der Waals surface area contributed by atoms with Gasteiger partial charge in [0.15, 0.2) is 5.43 Å². The Kier molecular flexibility index (Phi) is 6.87. The van der Waals surface area contributed by atoms with Gasteiger partial charge in [-0.05, 0) is 43.0 Å². The summed E-state index contributed by atoms with van der Waals surface area (Å²) in [4.78, 5) is 32.5. The van der Waals surface area contributed by atoms with E-state index in [0.717, 1.165) is 34.9 Å². The Morgan fingerprint density at radius 1 is 1.00 bits per heavy atom. The zero-order valence-corrected chi connectivity index (χ0v) is 18.6. The smallest absolute Gasteiger partial charge is 0.259 e. The number of rotatable bonds is 6. The molecule has 1 saturated heterocycles. The normalized spacial score (nSPS) is 13.9. The third kappa shape index (κ3) is 5.07. The number of hydrogen-bond acceptors (Lipinski definition) is 4. The maximum Gasteiger partial charge on any atom is 0.259 e. The van der Waals surface area contributed by atoms with Gasteiger partial charge in [0.05, 0.1) is 0 Å². The minimum Gasteiger partial charge on any atom is -0.343 e. The van der Waals surface area contributed by atoms with Gasteiger partial charge >= 0.3 is 0 Å². The molecule has 0 atom stereocenters. The molecule has 1 aromatic carbocycles. The van der Waals surface area contributed by atoms with Crippen molar-refractivity contribution < 1.29 is 4.79 Å². The summed E-state index contributed by atoms with van der Waals surface area (Å²) < 4.78 is 2.13. The van der Waals surface area contributed by atoms with E-state index >= 15 is 0 Å². The lowest BCUT2D eigenvalue weighted by molar-refractivity contribution is 0.0768. The van der Waals surface area contributed by atoms with Crippen molar-refractivity contribution in [3.8, 4) is 0 Å². The summed E-state index contributed by atoms with van der Waals surface area (Å²) in [7, 11) is 0. The highest BCUT2D eigenvalue weighted by Crippen LogP contribution is 2.19. The van der Waals surface area contributed by atoms with Gasteiger partial charge in [0, 0.05) is 61.0 Å². The molecule has 0 bridgehead atoms. The fraction of sp³-hybridized carbons (Fsp3) is 0.320. The van der Waals surface area contributed by atoms with E-state index in [-0.39, 0.29) is 11.3 Å². The molecule has 0 spiro atoms. The summed E-state index contributed by atoms with van der Waals surface area (Å²) in [6, 6.07) is 15.8. The lowest BCUT2D eigenvalue weighted by Crippen LogP contribution is -2.41. The number of aryl methyl sites for hydroxylation is 2. The number of nitrogens with zero attached hydrogens (tertiary/aromatic N) is 3. The predicted molar refractivity (Wildman–Crippen MR) is 126 cm³/mol. The van der Waals surface area contributed by atoms with Crippen LogP contribution in [0.5, 0.6) is 0 Å². The monoisotopic (exact) mass is 433 g/mol. The Morgan fingerprint density at radius 3 is 2.42 bits per heavy atom. The van der Waals surface area contributed by atoms with Crippen LogP contribution in [0.1, 0.15) is 32.9 Å². The molecule has 0 N–H and O–H groups in total. The number of pyridine rings is 2. The first-order valence-electron chi connectivity index (χ1n) is 10.7. The molecule has 160 valence electrons. The van der Waals surface area contributed by atoms with Crippen LogP contribution >= 0.6 is 11.8 Å². The topological polar surface area (TPSA) is 55.2 Å². The van der Waals surface area contributed by atoms with E-state index in [1.54, 1.807) is 18.5 Å². The number of aromatic nitrogens is 2. The molecule has 0 unspecified atom stereocenters. The summed E-state index contributed by atoms with van der Waals surface area (Å²) in [5, 5.41) is 0. The number of hydrogen-bond donors (Lipinski definition) is 0. The first-order chi connectivity index (χ1) is 15.1. The van der Waals surface area contributed by atoms with Crippen LogP contribution in [0, 0.1) is 6.92 Å². The van der Waals surface area contributed by atoms with Gasteiger partial charge in [-0.25, -0.2) is 0 Å². The van der Waals surface area contributed by atoms with E-state index in [9.17, 15) is 9.59 Å². The Morgan fingerprint density at radius 2 is 1.71 bits per heavy atom. The standard InChI is InChI=1S/C25H27N3O2S/c1-19-17-23(29)24(25(30)27-13-15-31-16-14-27)22(8-7-20-5-3-2-4-6-20)28(19)18-21-9-11-26-12-10-21/h2-6,9-12,17H,7-8,13-16,18H2,1H3. The molecule has 31 heavy (non-hydrogen) atoms. The molecule has 3 heterocycles. The van der Waals surface area contributed by atoms with Crippen LogP contribution in [0.3, 0.4) is 0 Å². The van der Waals surface area contributed by atoms with E-state index in [2.05, 4.69) is 21.7 Å². The van der Waals surface area contributed by atoms with Crippen LogP contribution in [-0.4, -0.2) is 45.0 Å². The minimum atomic E-state index is -0.172. The molecule has 1 amide bonds. The van der Waals surface area contributed by atoms with Crippen LogP contribution in [0.25, 0.3) is 0 Å². The summed E-state index contributed by atoms with van der Waals surface area (Å²) >= 11 is 1.85. The highest BCUT2D eigenvalue weighted by molar-refractivity contribution is 7.99. The summed E-state index contributed by atoms with van der Waals surface area (Å²) in [6.07, 6.45) is 4.95. The lowest BCUT2D eigenvalue weighted by Gasteiger charge is -2.28. The van der Waals surface area contributed by atoms with Gasteiger partial charge in [0.2, 0.25) is 0 Å². The second-order valence-electron chi connectivity index (χ2n) is 7.80. The lowest BCUT2D eigenvalue weighted by atomic mass is 10.0. The van der Waals surface area contributed by atoms with Gasteiger partial charge < -0.3 is 9.47 Å². The summed E-state index contributed by atoms with van der Waals surface area (Å²) in [6.45, 7) is 3.94. The number of carbonyl (C=O) groups is 1. The second kappa shape index (κ2) is 9.96. The van der Waals surface area contributed by atoms with Crippen LogP contribution < -0.4 is 5.43 Å². The molecule has 4 rings (SSSR count). The molecular formula is C25H27N3O2S. The van der Waals surface area contributed by atoms with Crippen molar-refractivity contribution in [2.75, 3.05) is 24.6 Å². The molecule has 1 aliphatic rings. The quantitative estimate of drug-likeness (QED) is 0.596. The van der Waals surface area contributed by atoms with Crippen molar-refractivity contribution >= 4 is 17.7 Å². The maximum atomic E-state index is 13.5. The number of amides is 1. The molecule has 1 fully saturated rings. The fourth-order valence-corrected chi connectivity index (χ4v) is 4.94. The van der Waals surface area contributed by atoms with Crippen LogP contribution in [0.2, 0.25) is 0 Å². The first-order valence-corrected chi connectivity index (χ1v) is 11.8. The Balaban J connectivity index is 1.77. The van der Waals surface area contributed by atoms with Crippen molar-refractivity contribution in [3.05, 3.63) is 99.2 Å². The fourth-order valence-electron chi connectivity index (χ4n) is 4.04. The van der Waals surface area contributed by atoms with Crippen LogP contribution in [0.15, 0.2) is 65.7 Å². The van der Waals surface area contributed by atoms with E-state index < -0.39 is 0 Å². The Hall–Kier alpha value is -2.86. The molecular weight excluding hydrogens is 406 g/mol. The van der Waals surface area contributed by atoms with Crippen molar-refractivity contribution in [2.24, 2.45) is 0 Å². The molecule has 5 nitrogen and oxygen atoms in total. The zero-order chi connectivity index (χ0) is 21.6. The number of benzene rings is 1. The highest BCUT2D eigenvalue weighted by Gasteiger charge is 2.26. The SMILES string of the molecule is Cc1cc(=O)c(C(=O)N2CCSCC2)c(CCc2ccccc2)n1Cc1ccncc1. The van der Waals surface area contributed by atoms with E-state index in [0.29, 0.717) is 31.6 Å². The highest BCUT2D eigenvalue weighted by atomic mass is 32.2. The van der Waals surface area contributed by atoms with Crippen LogP contribution in [0.4, 0.5) is 0 Å².